The summed E-state index contributed by atoms with van der Waals surface area (Å²) in [5.41, 5.74) is 1.25. The quantitative estimate of drug-likeness (QED) is 0.735. The van der Waals surface area contributed by atoms with Crippen LogP contribution in [-0.4, -0.2) is 12.6 Å². The first kappa shape index (κ1) is 10.5. The van der Waals surface area contributed by atoms with E-state index in [-0.39, 0.29) is 6.10 Å². The van der Waals surface area contributed by atoms with E-state index in [1.165, 1.54) is 5.56 Å². The van der Waals surface area contributed by atoms with Crippen molar-refractivity contribution in [2.24, 2.45) is 5.92 Å². The Morgan fingerprint density at radius 1 is 1.47 bits per heavy atom. The number of halogens is 1. The molecule has 0 heterocycles. The lowest BCUT2D eigenvalue weighted by Crippen LogP contribution is -2.02. The molecule has 80 valence electrons. The molecule has 0 radical (unpaired) electrons. The van der Waals surface area contributed by atoms with Crippen LogP contribution in [-0.2, 0) is 9.53 Å². The van der Waals surface area contributed by atoms with Gasteiger partial charge in [-0.3, -0.25) is 4.79 Å². The molecular formula is C12H13ClO2. The van der Waals surface area contributed by atoms with Crippen molar-refractivity contribution in [1.82, 2.24) is 0 Å². The molecule has 0 aromatic heterocycles. The van der Waals surface area contributed by atoms with Crippen LogP contribution >= 0.6 is 11.6 Å². The van der Waals surface area contributed by atoms with Crippen molar-refractivity contribution in [3.8, 4) is 0 Å². The van der Waals surface area contributed by atoms with Crippen molar-refractivity contribution in [3.05, 3.63) is 34.9 Å². The average Bonchev–Trinajstić information content (AvgIpc) is 2.98. The maximum Gasteiger partial charge on any atom is 0.293 e. The zero-order chi connectivity index (χ0) is 10.8. The molecule has 15 heavy (non-hydrogen) atoms. The zero-order valence-corrected chi connectivity index (χ0v) is 9.28. The minimum absolute atomic E-state index is 0.119. The number of rotatable bonds is 4. The average molecular weight is 225 g/mol. The molecule has 3 atom stereocenters. The fraction of sp³-hybridized carbons (Fsp3) is 0.417. The van der Waals surface area contributed by atoms with Crippen LogP contribution in [0.2, 0.25) is 5.02 Å². The highest BCUT2D eigenvalue weighted by Gasteiger charge is 2.43. The minimum Gasteiger partial charge on any atom is -0.464 e. The third-order valence-corrected chi connectivity index (χ3v) is 3.30. The summed E-state index contributed by atoms with van der Waals surface area (Å²) in [7, 11) is 0. The second kappa shape index (κ2) is 4.23. The Balaban J connectivity index is 2.00. The standard InChI is InChI=1S/C12H13ClO2/c1-8(11-6-12(11)15-7-14)9-2-4-10(13)5-3-9/h2-5,7-8,11-12H,6H2,1H3. The number of benzene rings is 1. The Morgan fingerprint density at radius 2 is 2.13 bits per heavy atom. The van der Waals surface area contributed by atoms with E-state index in [0.29, 0.717) is 18.3 Å². The minimum atomic E-state index is 0.119. The molecule has 1 aromatic carbocycles. The van der Waals surface area contributed by atoms with Gasteiger partial charge < -0.3 is 4.74 Å². The van der Waals surface area contributed by atoms with Crippen LogP contribution in [0.5, 0.6) is 0 Å². The monoisotopic (exact) mass is 224 g/mol. The molecule has 0 amide bonds. The Kier molecular flexibility index (Phi) is 2.96. The summed E-state index contributed by atoms with van der Waals surface area (Å²) in [6.45, 7) is 2.70. The van der Waals surface area contributed by atoms with Gasteiger partial charge >= 0.3 is 0 Å². The maximum atomic E-state index is 10.2. The van der Waals surface area contributed by atoms with E-state index in [1.807, 2.05) is 24.3 Å². The highest BCUT2D eigenvalue weighted by Crippen LogP contribution is 2.44. The predicted molar refractivity (Wildman–Crippen MR) is 58.9 cm³/mol. The van der Waals surface area contributed by atoms with Gasteiger partial charge in [-0.15, -0.1) is 0 Å². The van der Waals surface area contributed by atoms with Gasteiger partial charge in [0.15, 0.2) is 0 Å². The molecule has 0 aliphatic heterocycles. The number of hydrogen-bond acceptors (Lipinski definition) is 2. The van der Waals surface area contributed by atoms with Crippen LogP contribution in [0, 0.1) is 5.92 Å². The van der Waals surface area contributed by atoms with Gasteiger partial charge in [0.25, 0.3) is 6.47 Å². The van der Waals surface area contributed by atoms with Crippen molar-refractivity contribution in [1.29, 1.82) is 0 Å². The van der Waals surface area contributed by atoms with Crippen LogP contribution in [0.3, 0.4) is 0 Å². The van der Waals surface area contributed by atoms with Gasteiger partial charge in [-0.25, -0.2) is 0 Å². The number of hydrogen-bond donors (Lipinski definition) is 0. The van der Waals surface area contributed by atoms with Crippen molar-refractivity contribution >= 4 is 18.1 Å². The molecule has 0 saturated heterocycles. The largest absolute Gasteiger partial charge is 0.464 e. The molecule has 1 aliphatic rings. The zero-order valence-electron chi connectivity index (χ0n) is 8.52. The lowest BCUT2D eigenvalue weighted by atomic mass is 9.96. The second-order valence-corrected chi connectivity index (χ2v) is 4.45. The third kappa shape index (κ3) is 2.32. The maximum absolute atomic E-state index is 10.2. The Hall–Kier alpha value is -1.02. The highest BCUT2D eigenvalue weighted by molar-refractivity contribution is 6.30. The predicted octanol–water partition coefficient (Wildman–Crippen LogP) is 3.01. The van der Waals surface area contributed by atoms with Crippen molar-refractivity contribution in [3.63, 3.8) is 0 Å². The van der Waals surface area contributed by atoms with Gasteiger partial charge in [0.2, 0.25) is 0 Å². The summed E-state index contributed by atoms with van der Waals surface area (Å²) >= 11 is 5.82. The highest BCUT2D eigenvalue weighted by atomic mass is 35.5. The smallest absolute Gasteiger partial charge is 0.293 e. The van der Waals surface area contributed by atoms with E-state index < -0.39 is 0 Å². The molecule has 2 nitrogen and oxygen atoms in total. The number of carbonyl (C=O) groups excluding carboxylic acids is 1. The van der Waals surface area contributed by atoms with Crippen LogP contribution in [0.25, 0.3) is 0 Å². The molecule has 3 unspecified atom stereocenters. The lowest BCUT2D eigenvalue weighted by Gasteiger charge is -2.10. The van der Waals surface area contributed by atoms with E-state index in [1.54, 1.807) is 0 Å². The fourth-order valence-corrected chi connectivity index (χ4v) is 2.08. The third-order valence-electron chi connectivity index (χ3n) is 3.05. The summed E-state index contributed by atoms with van der Waals surface area (Å²) in [6, 6.07) is 7.85. The molecule has 1 aliphatic carbocycles. The number of ether oxygens (including phenoxy) is 1. The van der Waals surface area contributed by atoms with E-state index in [4.69, 9.17) is 16.3 Å². The van der Waals surface area contributed by atoms with Crippen LogP contribution in [0.1, 0.15) is 24.8 Å². The molecular weight excluding hydrogens is 212 g/mol. The first-order valence-corrected chi connectivity index (χ1v) is 5.44. The van der Waals surface area contributed by atoms with Gasteiger partial charge in [-0.2, -0.15) is 0 Å². The Morgan fingerprint density at radius 3 is 2.73 bits per heavy atom. The molecule has 3 heteroatoms. The van der Waals surface area contributed by atoms with Crippen molar-refractivity contribution < 1.29 is 9.53 Å². The Bertz CT molecular complexity index is 347. The van der Waals surface area contributed by atoms with Crippen LogP contribution < -0.4 is 0 Å². The van der Waals surface area contributed by atoms with Crippen LogP contribution in [0.4, 0.5) is 0 Å². The summed E-state index contributed by atoms with van der Waals surface area (Å²) in [5, 5.41) is 0.752. The molecule has 1 saturated carbocycles. The second-order valence-electron chi connectivity index (χ2n) is 4.01. The molecule has 1 fully saturated rings. The van der Waals surface area contributed by atoms with E-state index in [0.717, 1.165) is 11.4 Å². The van der Waals surface area contributed by atoms with Gasteiger partial charge in [-0.1, -0.05) is 30.7 Å². The molecule has 0 spiro atoms. The lowest BCUT2D eigenvalue weighted by molar-refractivity contribution is -0.130. The van der Waals surface area contributed by atoms with E-state index in [2.05, 4.69) is 6.92 Å². The number of carbonyl (C=O) groups is 1. The van der Waals surface area contributed by atoms with E-state index >= 15 is 0 Å². The van der Waals surface area contributed by atoms with Gasteiger partial charge in [0.05, 0.1) is 0 Å². The van der Waals surface area contributed by atoms with Crippen LogP contribution in [0.15, 0.2) is 24.3 Å². The van der Waals surface area contributed by atoms with Gasteiger partial charge in [0.1, 0.15) is 6.10 Å². The molecule has 0 N–H and O–H groups in total. The summed E-state index contributed by atoms with van der Waals surface area (Å²) in [4.78, 5) is 10.2. The summed E-state index contributed by atoms with van der Waals surface area (Å²) in [6.07, 6.45) is 1.09. The van der Waals surface area contributed by atoms with Gasteiger partial charge in [-0.05, 0) is 30.0 Å². The van der Waals surface area contributed by atoms with Gasteiger partial charge in [0, 0.05) is 10.9 Å². The first-order chi connectivity index (χ1) is 7.22. The molecule has 0 bridgehead atoms. The topological polar surface area (TPSA) is 26.3 Å². The molecule has 1 aromatic rings. The SMILES string of the molecule is CC(c1ccc(Cl)cc1)C1CC1OC=O. The Labute approximate surface area is 94.2 Å². The first-order valence-electron chi connectivity index (χ1n) is 5.07. The summed E-state index contributed by atoms with van der Waals surface area (Å²) in [5.74, 6) is 0.892. The normalized spacial score (nSPS) is 25.7. The fourth-order valence-electron chi connectivity index (χ4n) is 1.96. The summed E-state index contributed by atoms with van der Waals surface area (Å²) < 4.78 is 4.93. The van der Waals surface area contributed by atoms with E-state index in [9.17, 15) is 4.79 Å². The van der Waals surface area contributed by atoms with Crippen molar-refractivity contribution in [2.75, 3.05) is 0 Å². The van der Waals surface area contributed by atoms with Crippen molar-refractivity contribution in [2.45, 2.75) is 25.4 Å². The molecule has 2 rings (SSSR count).